The van der Waals surface area contributed by atoms with Crippen LogP contribution in [0.5, 0.6) is 0 Å². The minimum Gasteiger partial charge on any atom is -0.550 e. The van der Waals surface area contributed by atoms with Crippen molar-refractivity contribution >= 4 is 5.97 Å². The van der Waals surface area contributed by atoms with Gasteiger partial charge in [0.15, 0.2) is 0 Å². The van der Waals surface area contributed by atoms with Crippen LogP contribution < -0.4 is 5.11 Å². The van der Waals surface area contributed by atoms with Crippen molar-refractivity contribution < 1.29 is 9.90 Å². The first-order valence-corrected chi connectivity index (χ1v) is 6.72. The molecule has 2 heteroatoms. The van der Waals surface area contributed by atoms with Crippen LogP contribution in [0.4, 0.5) is 0 Å². The molecule has 94 valence electrons. The van der Waals surface area contributed by atoms with Gasteiger partial charge in [0.25, 0.3) is 0 Å². The topological polar surface area (TPSA) is 40.1 Å². The van der Waals surface area contributed by atoms with E-state index in [1.807, 2.05) is 0 Å². The Morgan fingerprint density at radius 3 is 2.65 bits per heavy atom. The van der Waals surface area contributed by atoms with Crippen molar-refractivity contribution in [2.24, 2.45) is 28.1 Å². The Morgan fingerprint density at radius 2 is 2.00 bits per heavy atom. The Bertz CT molecular complexity index is 409. The van der Waals surface area contributed by atoms with Gasteiger partial charge in [0.1, 0.15) is 0 Å². The molecule has 0 bridgehead atoms. The molecule has 0 heterocycles. The third kappa shape index (κ3) is 1.10. The molecular weight excluding hydrogens is 212 g/mol. The quantitative estimate of drug-likeness (QED) is 0.651. The summed E-state index contributed by atoms with van der Waals surface area (Å²) in [6.45, 7) is 6.92. The number of carboxylic acids is 1. The second-order valence-corrected chi connectivity index (χ2v) is 7.27. The molecule has 0 aromatic heterocycles. The summed E-state index contributed by atoms with van der Waals surface area (Å²) < 4.78 is 0. The van der Waals surface area contributed by atoms with Gasteiger partial charge in [-0.1, -0.05) is 32.9 Å². The minimum atomic E-state index is -0.831. The van der Waals surface area contributed by atoms with Gasteiger partial charge < -0.3 is 9.90 Å². The normalized spacial score (nSPS) is 50.3. The van der Waals surface area contributed by atoms with E-state index in [1.165, 1.54) is 0 Å². The molecule has 17 heavy (non-hydrogen) atoms. The molecule has 2 saturated carbocycles. The number of allylic oxidation sites excluding steroid dienone is 2. The molecule has 2 fully saturated rings. The Morgan fingerprint density at radius 1 is 1.29 bits per heavy atom. The highest BCUT2D eigenvalue weighted by atomic mass is 16.4. The maximum atomic E-state index is 11.5. The summed E-state index contributed by atoms with van der Waals surface area (Å²) in [5, 5.41) is 11.5. The van der Waals surface area contributed by atoms with Crippen molar-refractivity contribution in [3.8, 4) is 0 Å². The van der Waals surface area contributed by atoms with Crippen LogP contribution in [0.25, 0.3) is 0 Å². The van der Waals surface area contributed by atoms with Gasteiger partial charge >= 0.3 is 0 Å². The number of carbonyl (C=O) groups excluding carboxylic acids is 1. The summed E-state index contributed by atoms with van der Waals surface area (Å²) in [7, 11) is 0. The summed E-state index contributed by atoms with van der Waals surface area (Å²) in [5.41, 5.74) is 0.293. The number of carboxylic acid groups (broad SMARTS) is 1. The fraction of sp³-hybridized carbons (Fsp3) is 0.800. The largest absolute Gasteiger partial charge is 0.550 e. The van der Waals surface area contributed by atoms with Gasteiger partial charge in [0.05, 0.1) is 0 Å². The van der Waals surface area contributed by atoms with E-state index in [0.717, 1.165) is 25.7 Å². The average molecular weight is 233 g/mol. The van der Waals surface area contributed by atoms with E-state index in [9.17, 15) is 9.90 Å². The molecule has 3 rings (SSSR count). The standard InChI is InChI=1S/C15H22O2/c1-13(2)9-14(3)7-4-8-15(14)10(12(16)17)5-6-11(13)15/h4,8,10-11H,5-7,9H2,1-3H3,(H,16,17)/p-1/t10-,11-,14-,15-/m0/s1. The highest BCUT2D eigenvalue weighted by molar-refractivity contribution is 5.71. The third-order valence-corrected chi connectivity index (χ3v) is 5.98. The van der Waals surface area contributed by atoms with Crippen LogP contribution in [0.1, 0.15) is 46.5 Å². The van der Waals surface area contributed by atoms with E-state index in [1.54, 1.807) is 0 Å². The zero-order valence-electron chi connectivity index (χ0n) is 11.0. The molecule has 1 spiro atoms. The zero-order valence-corrected chi connectivity index (χ0v) is 11.0. The van der Waals surface area contributed by atoms with Gasteiger partial charge in [-0.3, -0.25) is 0 Å². The lowest BCUT2D eigenvalue weighted by Gasteiger charge is -2.43. The van der Waals surface area contributed by atoms with Crippen LogP contribution in [-0.2, 0) is 4.79 Å². The van der Waals surface area contributed by atoms with E-state index in [-0.39, 0.29) is 22.2 Å². The molecule has 3 aliphatic carbocycles. The molecule has 0 N–H and O–H groups in total. The number of aliphatic carboxylic acids is 1. The summed E-state index contributed by atoms with van der Waals surface area (Å²) in [6, 6.07) is 0. The van der Waals surface area contributed by atoms with Crippen LogP contribution in [0, 0.1) is 28.1 Å². The predicted octanol–water partition coefficient (Wildman–Crippen LogP) is 2.14. The molecule has 0 saturated heterocycles. The Kier molecular flexibility index (Phi) is 1.97. The van der Waals surface area contributed by atoms with Crippen molar-refractivity contribution in [2.45, 2.75) is 46.5 Å². The number of hydrogen-bond donors (Lipinski definition) is 0. The van der Waals surface area contributed by atoms with Crippen LogP contribution in [0.2, 0.25) is 0 Å². The van der Waals surface area contributed by atoms with Crippen molar-refractivity contribution in [3.63, 3.8) is 0 Å². The molecule has 0 radical (unpaired) electrons. The van der Waals surface area contributed by atoms with Crippen LogP contribution in [0.15, 0.2) is 12.2 Å². The van der Waals surface area contributed by atoms with Crippen LogP contribution in [-0.4, -0.2) is 5.97 Å². The van der Waals surface area contributed by atoms with Crippen LogP contribution in [0.3, 0.4) is 0 Å². The molecule has 0 aromatic rings. The van der Waals surface area contributed by atoms with E-state index >= 15 is 0 Å². The van der Waals surface area contributed by atoms with E-state index in [2.05, 4.69) is 32.9 Å². The molecular formula is C15H21O2-. The van der Waals surface area contributed by atoms with Gasteiger partial charge in [0, 0.05) is 17.3 Å². The van der Waals surface area contributed by atoms with Gasteiger partial charge in [0.2, 0.25) is 0 Å². The van der Waals surface area contributed by atoms with Crippen molar-refractivity contribution in [1.29, 1.82) is 0 Å². The minimum absolute atomic E-state index is 0.116. The molecule has 0 aliphatic heterocycles. The molecule has 0 amide bonds. The molecule has 0 unspecified atom stereocenters. The number of carbonyl (C=O) groups is 1. The van der Waals surface area contributed by atoms with E-state index in [0.29, 0.717) is 5.92 Å². The summed E-state index contributed by atoms with van der Waals surface area (Å²) in [4.78, 5) is 11.5. The van der Waals surface area contributed by atoms with Crippen LogP contribution >= 0.6 is 0 Å². The zero-order chi connectivity index (χ0) is 12.5. The maximum absolute atomic E-state index is 11.5. The lowest BCUT2D eigenvalue weighted by atomic mass is 9.61. The Labute approximate surface area is 103 Å². The van der Waals surface area contributed by atoms with Gasteiger partial charge in [-0.15, -0.1) is 0 Å². The smallest absolute Gasteiger partial charge is 0.0454 e. The lowest BCUT2D eigenvalue weighted by Crippen LogP contribution is -2.46. The second kappa shape index (κ2) is 2.96. The van der Waals surface area contributed by atoms with E-state index in [4.69, 9.17) is 0 Å². The van der Waals surface area contributed by atoms with Gasteiger partial charge in [-0.2, -0.15) is 0 Å². The SMILES string of the molecule is CC1(C)C[C@]2(C)CC=C[C@@]23[C@H](C(=O)[O-])CC[C@@H]13. The fourth-order valence-corrected chi connectivity index (χ4v) is 5.72. The Hall–Kier alpha value is -0.790. The van der Waals surface area contributed by atoms with Crippen molar-refractivity contribution in [3.05, 3.63) is 12.2 Å². The molecule has 2 nitrogen and oxygen atoms in total. The average Bonchev–Trinajstić information content (AvgIpc) is 2.73. The lowest BCUT2D eigenvalue weighted by molar-refractivity contribution is -0.315. The molecule has 4 atom stereocenters. The second-order valence-electron chi connectivity index (χ2n) is 7.27. The first kappa shape index (κ1) is 11.3. The number of rotatable bonds is 1. The highest BCUT2D eigenvalue weighted by Crippen LogP contribution is 2.75. The number of hydrogen-bond acceptors (Lipinski definition) is 2. The van der Waals surface area contributed by atoms with Gasteiger partial charge in [-0.05, 0) is 42.4 Å². The van der Waals surface area contributed by atoms with Crippen molar-refractivity contribution in [2.75, 3.05) is 0 Å². The highest BCUT2D eigenvalue weighted by Gasteiger charge is 2.69. The Balaban J connectivity index is 2.16. The molecule has 0 aromatic carbocycles. The van der Waals surface area contributed by atoms with Crippen molar-refractivity contribution in [1.82, 2.24) is 0 Å². The first-order valence-electron chi connectivity index (χ1n) is 6.72. The summed E-state index contributed by atoms with van der Waals surface area (Å²) in [6.07, 6.45) is 8.48. The molecule has 3 aliphatic rings. The van der Waals surface area contributed by atoms with Gasteiger partial charge in [-0.25, -0.2) is 0 Å². The predicted molar refractivity (Wildman–Crippen MR) is 63.9 cm³/mol. The monoisotopic (exact) mass is 233 g/mol. The summed E-state index contributed by atoms with van der Waals surface area (Å²) >= 11 is 0. The fourth-order valence-electron chi connectivity index (χ4n) is 5.72. The maximum Gasteiger partial charge on any atom is 0.0454 e. The van der Waals surface area contributed by atoms with E-state index < -0.39 is 5.97 Å². The first-order chi connectivity index (χ1) is 7.83. The summed E-state index contributed by atoms with van der Waals surface area (Å²) in [5.74, 6) is -0.581. The third-order valence-electron chi connectivity index (χ3n) is 5.98.